The maximum absolute atomic E-state index is 12.6. The first kappa shape index (κ1) is 23.5. The highest BCUT2D eigenvalue weighted by Gasteiger charge is 2.17. The second kappa shape index (κ2) is 10.9. The lowest BCUT2D eigenvalue weighted by molar-refractivity contribution is -0.119. The molecule has 0 spiro atoms. The molecule has 3 aromatic rings. The van der Waals surface area contributed by atoms with E-state index in [0.717, 1.165) is 10.5 Å². The van der Waals surface area contributed by atoms with Crippen LogP contribution >= 0.6 is 11.8 Å². The second-order valence-electron chi connectivity index (χ2n) is 6.69. The molecular formula is C23H22N2O5S2. The number of rotatable bonds is 9. The van der Waals surface area contributed by atoms with Crippen molar-refractivity contribution >= 4 is 39.3 Å². The highest BCUT2D eigenvalue weighted by molar-refractivity contribution is 7.98. The lowest BCUT2D eigenvalue weighted by Gasteiger charge is -2.09. The molecule has 0 aliphatic rings. The maximum atomic E-state index is 12.6. The van der Waals surface area contributed by atoms with Crippen molar-refractivity contribution in [3.05, 3.63) is 90.0 Å². The molecule has 0 aliphatic heterocycles. The summed E-state index contributed by atoms with van der Waals surface area (Å²) in [6.07, 6.45) is 1.92. The van der Waals surface area contributed by atoms with E-state index >= 15 is 0 Å². The van der Waals surface area contributed by atoms with Gasteiger partial charge in [0.1, 0.15) is 0 Å². The fraction of sp³-hybridized carbons (Fsp3) is 0.130. The van der Waals surface area contributed by atoms with Crippen LogP contribution in [0.4, 0.5) is 5.69 Å². The fourth-order valence-corrected chi connectivity index (χ4v) is 4.28. The number of carbonyl (C=O) groups is 2. The van der Waals surface area contributed by atoms with E-state index < -0.39 is 28.5 Å². The molecule has 0 fully saturated rings. The van der Waals surface area contributed by atoms with E-state index in [2.05, 4.69) is 10.0 Å². The summed E-state index contributed by atoms with van der Waals surface area (Å²) in [6, 6.07) is 21.8. The van der Waals surface area contributed by atoms with Gasteiger partial charge in [-0.1, -0.05) is 42.5 Å². The molecule has 0 aromatic heterocycles. The minimum absolute atomic E-state index is 0.0322. The maximum Gasteiger partial charge on any atom is 0.338 e. The van der Waals surface area contributed by atoms with Gasteiger partial charge in [0, 0.05) is 17.1 Å². The van der Waals surface area contributed by atoms with Gasteiger partial charge in [0.05, 0.1) is 10.5 Å². The first-order valence-corrected chi connectivity index (χ1v) is 12.3. The van der Waals surface area contributed by atoms with E-state index in [1.54, 1.807) is 36.0 Å². The standard InChI is InChI=1S/C23H22N2O5S2/c1-31-20-11-6-10-19(14-20)25-22(26)16-30-23(27)18-9-5-12-21(13-18)32(28,29)24-15-17-7-3-2-4-8-17/h2-14,24H,15-16H2,1H3,(H,25,26). The number of hydrogen-bond acceptors (Lipinski definition) is 6. The van der Waals surface area contributed by atoms with Gasteiger partial charge in [0.25, 0.3) is 5.91 Å². The van der Waals surface area contributed by atoms with Gasteiger partial charge >= 0.3 is 5.97 Å². The van der Waals surface area contributed by atoms with E-state index in [0.29, 0.717) is 5.69 Å². The highest BCUT2D eigenvalue weighted by atomic mass is 32.2. The number of thioether (sulfide) groups is 1. The largest absolute Gasteiger partial charge is 0.452 e. The van der Waals surface area contributed by atoms with Gasteiger partial charge in [-0.2, -0.15) is 0 Å². The zero-order valence-corrected chi connectivity index (χ0v) is 18.9. The van der Waals surface area contributed by atoms with Crippen molar-refractivity contribution in [2.75, 3.05) is 18.2 Å². The molecule has 166 valence electrons. The number of esters is 1. The Labute approximate surface area is 191 Å². The van der Waals surface area contributed by atoms with Gasteiger partial charge in [-0.3, -0.25) is 4.79 Å². The molecule has 0 aliphatic carbocycles. The van der Waals surface area contributed by atoms with Crippen LogP contribution in [0.3, 0.4) is 0 Å². The van der Waals surface area contributed by atoms with Gasteiger partial charge in [0.15, 0.2) is 6.61 Å². The van der Waals surface area contributed by atoms with Crippen molar-refractivity contribution in [2.24, 2.45) is 0 Å². The number of amides is 1. The van der Waals surface area contributed by atoms with Gasteiger partial charge in [-0.25, -0.2) is 17.9 Å². The molecule has 0 bridgehead atoms. The van der Waals surface area contributed by atoms with Crippen molar-refractivity contribution in [3.8, 4) is 0 Å². The fourth-order valence-electron chi connectivity index (χ4n) is 2.76. The van der Waals surface area contributed by atoms with Gasteiger partial charge in [0.2, 0.25) is 10.0 Å². The lowest BCUT2D eigenvalue weighted by Crippen LogP contribution is -2.24. The second-order valence-corrected chi connectivity index (χ2v) is 9.34. The van der Waals surface area contributed by atoms with Crippen molar-refractivity contribution < 1.29 is 22.7 Å². The minimum atomic E-state index is -3.83. The highest BCUT2D eigenvalue weighted by Crippen LogP contribution is 2.19. The molecule has 1 amide bonds. The molecule has 0 atom stereocenters. The summed E-state index contributed by atoms with van der Waals surface area (Å²) in [6.45, 7) is -0.374. The summed E-state index contributed by atoms with van der Waals surface area (Å²) in [5.74, 6) is -1.29. The zero-order chi connectivity index (χ0) is 23.0. The molecule has 7 nitrogen and oxygen atoms in total. The molecule has 2 N–H and O–H groups in total. The number of carbonyl (C=O) groups excluding carboxylic acids is 2. The van der Waals surface area contributed by atoms with Crippen molar-refractivity contribution in [3.63, 3.8) is 0 Å². The normalized spacial score (nSPS) is 11.0. The van der Waals surface area contributed by atoms with E-state index in [4.69, 9.17) is 4.74 Å². The lowest BCUT2D eigenvalue weighted by atomic mass is 10.2. The Morgan fingerprint density at radius 1 is 0.938 bits per heavy atom. The zero-order valence-electron chi connectivity index (χ0n) is 17.3. The van der Waals surface area contributed by atoms with Crippen LogP contribution in [0.1, 0.15) is 15.9 Å². The number of ether oxygens (including phenoxy) is 1. The summed E-state index contributed by atoms with van der Waals surface area (Å²) in [5, 5.41) is 2.66. The van der Waals surface area contributed by atoms with Gasteiger partial charge in [-0.15, -0.1) is 11.8 Å². The number of anilines is 1. The van der Waals surface area contributed by atoms with Crippen LogP contribution < -0.4 is 10.0 Å². The smallest absolute Gasteiger partial charge is 0.338 e. The number of sulfonamides is 1. The van der Waals surface area contributed by atoms with Crippen LogP contribution in [0.5, 0.6) is 0 Å². The van der Waals surface area contributed by atoms with Crippen LogP contribution in [-0.4, -0.2) is 33.2 Å². The molecule has 0 saturated carbocycles. The van der Waals surface area contributed by atoms with Crippen LogP contribution in [0, 0.1) is 0 Å². The molecule has 32 heavy (non-hydrogen) atoms. The Balaban J connectivity index is 1.58. The van der Waals surface area contributed by atoms with Crippen LogP contribution in [0.25, 0.3) is 0 Å². The summed E-state index contributed by atoms with van der Waals surface area (Å²) in [5.41, 5.74) is 1.43. The molecule has 0 heterocycles. The quantitative estimate of drug-likeness (QED) is 0.365. The van der Waals surface area contributed by atoms with E-state index in [9.17, 15) is 18.0 Å². The average Bonchev–Trinajstić information content (AvgIpc) is 2.82. The van der Waals surface area contributed by atoms with Crippen molar-refractivity contribution in [2.45, 2.75) is 16.3 Å². The predicted octanol–water partition coefficient (Wildman–Crippen LogP) is 3.68. The summed E-state index contributed by atoms with van der Waals surface area (Å²) in [7, 11) is -3.83. The molecular weight excluding hydrogens is 448 g/mol. The number of nitrogens with one attached hydrogen (secondary N) is 2. The van der Waals surface area contributed by atoms with E-state index in [1.807, 2.05) is 36.6 Å². The topological polar surface area (TPSA) is 102 Å². The summed E-state index contributed by atoms with van der Waals surface area (Å²) >= 11 is 1.54. The Kier molecular flexibility index (Phi) is 8.04. The van der Waals surface area contributed by atoms with Crippen molar-refractivity contribution in [1.82, 2.24) is 4.72 Å². The third-order valence-electron chi connectivity index (χ3n) is 4.38. The molecule has 9 heteroatoms. The molecule has 3 rings (SSSR count). The molecule has 0 saturated heterocycles. The van der Waals surface area contributed by atoms with Crippen molar-refractivity contribution in [1.29, 1.82) is 0 Å². The monoisotopic (exact) mass is 470 g/mol. The number of benzene rings is 3. The van der Waals surface area contributed by atoms with Gasteiger partial charge < -0.3 is 10.1 Å². The Hall–Kier alpha value is -3.14. The Bertz CT molecular complexity index is 1200. The molecule has 3 aromatic carbocycles. The SMILES string of the molecule is CSc1cccc(NC(=O)COC(=O)c2cccc(S(=O)(=O)NCc3ccccc3)c2)c1. The van der Waals surface area contributed by atoms with E-state index in [1.165, 1.54) is 24.3 Å². The van der Waals surface area contributed by atoms with Crippen LogP contribution in [0.2, 0.25) is 0 Å². The first-order valence-electron chi connectivity index (χ1n) is 9.62. The first-order chi connectivity index (χ1) is 15.4. The van der Waals surface area contributed by atoms with Gasteiger partial charge in [-0.05, 0) is 48.2 Å². The Morgan fingerprint density at radius 3 is 2.44 bits per heavy atom. The third-order valence-corrected chi connectivity index (χ3v) is 6.50. The third kappa shape index (κ3) is 6.68. The van der Waals surface area contributed by atoms with E-state index in [-0.39, 0.29) is 17.0 Å². The minimum Gasteiger partial charge on any atom is -0.452 e. The number of hydrogen-bond donors (Lipinski definition) is 2. The van der Waals surface area contributed by atoms with Crippen LogP contribution in [-0.2, 0) is 26.1 Å². The predicted molar refractivity (Wildman–Crippen MR) is 124 cm³/mol. The average molecular weight is 471 g/mol. The summed E-state index contributed by atoms with van der Waals surface area (Å²) < 4.78 is 32.7. The summed E-state index contributed by atoms with van der Waals surface area (Å²) in [4.78, 5) is 25.3. The van der Waals surface area contributed by atoms with Crippen LogP contribution in [0.15, 0.2) is 88.7 Å². The Morgan fingerprint density at radius 2 is 1.69 bits per heavy atom. The molecule has 0 radical (unpaired) electrons. The molecule has 0 unspecified atom stereocenters.